The molecule has 1 aliphatic carbocycles. The first-order chi connectivity index (χ1) is 2.30. The second kappa shape index (κ2) is 0.559. The Morgan fingerprint density at radius 3 is 1.60 bits per heavy atom. The quantitative estimate of drug-likeness (QED) is 0.407. The van der Waals surface area contributed by atoms with Crippen molar-refractivity contribution >= 4 is 0 Å². The van der Waals surface area contributed by atoms with E-state index in [0.717, 1.165) is 6.08 Å². The Kier molecular flexibility index (Phi) is 0.315. The fourth-order valence-electron chi connectivity index (χ4n) is 0.0752. The van der Waals surface area contributed by atoms with Crippen molar-refractivity contribution in [1.29, 1.82) is 0 Å². The molecule has 0 bridgehead atoms. The number of hydrogen-bond donors (Lipinski definition) is 0. The number of allylic oxidation sites excluding steroid dienone is 2. The first kappa shape index (κ1) is 2.82. The van der Waals surface area contributed by atoms with Crippen LogP contribution in [0.3, 0.4) is 0 Å². The summed E-state index contributed by atoms with van der Waals surface area (Å²) >= 11 is 0. The van der Waals surface area contributed by atoms with E-state index in [1.807, 2.05) is 0 Å². The van der Waals surface area contributed by atoms with Crippen LogP contribution in [-0.4, -0.2) is 0 Å². The van der Waals surface area contributed by atoms with E-state index >= 15 is 0 Å². The zero-order valence-electron chi connectivity index (χ0n) is 2.33. The van der Waals surface area contributed by atoms with Gasteiger partial charge in [-0.1, -0.05) is 0 Å². The summed E-state index contributed by atoms with van der Waals surface area (Å²) in [6, 6.07) is 0. The second-order valence-electron chi connectivity index (χ2n) is 0.840. The SMILES string of the molecule is F[C]1C=C1F. The smallest absolute Gasteiger partial charge is 0.226 e. The molecule has 2 heteroatoms. The van der Waals surface area contributed by atoms with Crippen LogP contribution in [0.4, 0.5) is 8.78 Å². The summed E-state index contributed by atoms with van der Waals surface area (Å²) in [6.45, 7) is 0. The van der Waals surface area contributed by atoms with Crippen molar-refractivity contribution in [1.82, 2.24) is 0 Å². The Morgan fingerprint density at radius 2 is 1.60 bits per heavy atom. The summed E-state index contributed by atoms with van der Waals surface area (Å²) < 4.78 is 21.9. The highest BCUT2D eigenvalue weighted by Gasteiger charge is 2.25. The van der Waals surface area contributed by atoms with Gasteiger partial charge in [0.05, 0.1) is 0 Å². The molecule has 0 nitrogen and oxygen atoms in total. The van der Waals surface area contributed by atoms with E-state index in [0.29, 0.717) is 0 Å². The van der Waals surface area contributed by atoms with Gasteiger partial charge in [-0.15, -0.1) is 0 Å². The van der Waals surface area contributed by atoms with Gasteiger partial charge in [-0.2, -0.15) is 0 Å². The highest BCUT2D eigenvalue weighted by atomic mass is 19.2. The summed E-state index contributed by atoms with van der Waals surface area (Å²) in [5.41, 5.74) is 0. The number of rotatable bonds is 0. The van der Waals surface area contributed by atoms with Gasteiger partial charge in [-0.25, -0.2) is 8.78 Å². The molecule has 0 heterocycles. The van der Waals surface area contributed by atoms with Gasteiger partial charge in [0.25, 0.3) is 0 Å². The molecule has 1 aliphatic rings. The minimum atomic E-state index is -0.704. The number of hydrogen-bond acceptors (Lipinski definition) is 0. The van der Waals surface area contributed by atoms with Gasteiger partial charge in [-0.3, -0.25) is 0 Å². The van der Waals surface area contributed by atoms with Crippen molar-refractivity contribution in [2.75, 3.05) is 0 Å². The summed E-state index contributed by atoms with van der Waals surface area (Å²) in [4.78, 5) is 0. The van der Waals surface area contributed by atoms with E-state index in [4.69, 9.17) is 0 Å². The average Bonchev–Trinajstić information content (AvgIpc) is 1.79. The predicted octanol–water partition coefficient (Wildman–Crippen LogP) is 1.35. The molecule has 0 aromatic rings. The molecule has 0 atom stereocenters. The lowest BCUT2D eigenvalue weighted by Crippen LogP contribution is -1.47. The van der Waals surface area contributed by atoms with Crippen molar-refractivity contribution in [3.63, 3.8) is 0 Å². The maximum atomic E-state index is 11.0. The van der Waals surface area contributed by atoms with Gasteiger partial charge >= 0.3 is 0 Å². The van der Waals surface area contributed by atoms with Gasteiger partial charge in [0.2, 0.25) is 6.17 Å². The molecule has 0 aromatic heterocycles. The molecule has 1 radical (unpaired) electrons. The fraction of sp³-hybridized carbons (Fsp3) is 0. The van der Waals surface area contributed by atoms with Crippen molar-refractivity contribution < 1.29 is 8.78 Å². The zero-order chi connectivity index (χ0) is 3.86. The molecule has 0 saturated heterocycles. The Labute approximate surface area is 28.1 Å². The molecule has 0 N–H and O–H groups in total. The van der Waals surface area contributed by atoms with E-state index in [2.05, 4.69) is 0 Å². The lowest BCUT2D eigenvalue weighted by molar-refractivity contribution is 0.548. The first-order valence-electron chi connectivity index (χ1n) is 1.21. The van der Waals surface area contributed by atoms with Gasteiger partial charge in [-0.05, 0) is 6.08 Å². The van der Waals surface area contributed by atoms with Crippen LogP contribution in [0.5, 0.6) is 0 Å². The minimum Gasteiger partial charge on any atom is -0.227 e. The monoisotopic (exact) mass is 75.0 g/mol. The molecule has 0 fully saturated rings. The highest BCUT2D eigenvalue weighted by molar-refractivity contribution is 5.39. The van der Waals surface area contributed by atoms with E-state index in [1.165, 1.54) is 0 Å². The van der Waals surface area contributed by atoms with Crippen molar-refractivity contribution in [3.05, 3.63) is 18.1 Å². The number of halogens is 2. The normalized spacial score (nSPS) is 22.4. The Morgan fingerprint density at radius 1 is 1.40 bits per heavy atom. The van der Waals surface area contributed by atoms with Gasteiger partial charge < -0.3 is 0 Å². The molecule has 0 aromatic carbocycles. The fourth-order valence-corrected chi connectivity index (χ4v) is 0.0752. The summed E-state index contributed by atoms with van der Waals surface area (Å²) in [5.74, 6) is -0.704. The Balaban J connectivity index is 2.38. The Bertz CT molecular complexity index is 75.0. The topological polar surface area (TPSA) is 0 Å². The van der Waals surface area contributed by atoms with Gasteiger partial charge in [0.15, 0.2) is 0 Å². The molecule has 0 unspecified atom stereocenters. The largest absolute Gasteiger partial charge is 0.227 e. The standard InChI is InChI=1S/C3HF2/c4-2-1-3(2)5/h1H. The van der Waals surface area contributed by atoms with Crippen LogP contribution in [0.25, 0.3) is 0 Å². The van der Waals surface area contributed by atoms with Crippen LogP contribution in [0.2, 0.25) is 0 Å². The van der Waals surface area contributed by atoms with Crippen LogP contribution in [0, 0.1) is 6.17 Å². The Hall–Kier alpha value is -0.400. The molecule has 1 rings (SSSR count). The van der Waals surface area contributed by atoms with Gasteiger partial charge in [0, 0.05) is 0 Å². The summed E-state index contributed by atoms with van der Waals surface area (Å²) in [7, 11) is 0. The highest BCUT2D eigenvalue weighted by Crippen LogP contribution is 2.32. The van der Waals surface area contributed by atoms with E-state index < -0.39 is 12.0 Å². The van der Waals surface area contributed by atoms with E-state index in [9.17, 15) is 8.78 Å². The lowest BCUT2D eigenvalue weighted by atomic mass is 10.8. The molecule has 0 spiro atoms. The second-order valence-corrected chi connectivity index (χ2v) is 0.840. The third kappa shape index (κ3) is 0.294. The zero-order valence-corrected chi connectivity index (χ0v) is 2.33. The van der Waals surface area contributed by atoms with Crippen molar-refractivity contribution in [3.8, 4) is 0 Å². The lowest BCUT2D eigenvalue weighted by Gasteiger charge is -1.59. The van der Waals surface area contributed by atoms with E-state index in [1.54, 1.807) is 0 Å². The maximum Gasteiger partial charge on any atom is 0.226 e. The molecule has 0 saturated carbocycles. The van der Waals surface area contributed by atoms with E-state index in [-0.39, 0.29) is 0 Å². The molecule has 0 amide bonds. The maximum absolute atomic E-state index is 11.0. The third-order valence-corrected chi connectivity index (χ3v) is 0.398. The molecule has 0 aliphatic heterocycles. The van der Waals surface area contributed by atoms with Crippen LogP contribution in [-0.2, 0) is 0 Å². The summed E-state index contributed by atoms with van der Waals surface area (Å²) in [6.07, 6.45) is 0.130. The molecule has 27 valence electrons. The van der Waals surface area contributed by atoms with Gasteiger partial charge in [0.1, 0.15) is 5.83 Å². The third-order valence-electron chi connectivity index (χ3n) is 0.398. The van der Waals surface area contributed by atoms with Crippen molar-refractivity contribution in [2.45, 2.75) is 0 Å². The van der Waals surface area contributed by atoms with Crippen LogP contribution in [0.15, 0.2) is 11.9 Å². The molecule has 5 heavy (non-hydrogen) atoms. The van der Waals surface area contributed by atoms with Crippen LogP contribution < -0.4 is 0 Å². The average molecular weight is 75.0 g/mol. The van der Waals surface area contributed by atoms with Crippen molar-refractivity contribution in [2.24, 2.45) is 0 Å². The summed E-state index contributed by atoms with van der Waals surface area (Å²) in [5, 5.41) is 0. The van der Waals surface area contributed by atoms with Crippen LogP contribution >= 0.6 is 0 Å². The predicted molar refractivity (Wildman–Crippen MR) is 13.5 cm³/mol. The minimum absolute atomic E-state index is 0.704. The molecular weight excluding hydrogens is 74.0 g/mol. The van der Waals surface area contributed by atoms with Crippen LogP contribution in [0.1, 0.15) is 0 Å². The molecular formula is C3HF2. The first-order valence-corrected chi connectivity index (χ1v) is 1.21.